The molecule has 0 aliphatic rings. The summed E-state index contributed by atoms with van der Waals surface area (Å²) in [7, 11) is 0. The summed E-state index contributed by atoms with van der Waals surface area (Å²) < 4.78 is 0. The Bertz CT molecular complexity index is 310. The molecule has 0 aromatic heterocycles. The fraction of sp³-hybridized carbons (Fsp3) is 0.357. The third-order valence-electron chi connectivity index (χ3n) is 2.80. The smallest absolute Gasteiger partial charge is 0.00190 e. The van der Waals surface area contributed by atoms with Gasteiger partial charge in [-0.25, -0.2) is 0 Å². The summed E-state index contributed by atoms with van der Waals surface area (Å²) in [4.78, 5) is 0. The minimum Gasteiger partial charge on any atom is -0.103 e. The van der Waals surface area contributed by atoms with E-state index in [9.17, 15) is 0 Å². The Morgan fingerprint density at radius 1 is 1.43 bits per heavy atom. The zero-order chi connectivity index (χ0) is 10.6. The fourth-order valence-corrected chi connectivity index (χ4v) is 1.71. The van der Waals surface area contributed by atoms with Gasteiger partial charge in [0, 0.05) is 5.92 Å². The van der Waals surface area contributed by atoms with E-state index in [1.54, 1.807) is 0 Å². The molecule has 0 aliphatic carbocycles. The first-order chi connectivity index (χ1) is 6.70. The van der Waals surface area contributed by atoms with Crippen LogP contribution in [0.4, 0.5) is 0 Å². The molecule has 0 atom stereocenters. The Morgan fingerprint density at radius 2 is 2.14 bits per heavy atom. The number of allylic oxidation sites excluding steroid dienone is 1. The van der Waals surface area contributed by atoms with Gasteiger partial charge in [-0.05, 0) is 36.5 Å². The molecule has 0 unspecified atom stereocenters. The summed E-state index contributed by atoms with van der Waals surface area (Å²) in [5.74, 6) is 1.47. The van der Waals surface area contributed by atoms with Gasteiger partial charge >= 0.3 is 0 Å². The molecule has 1 aromatic rings. The van der Waals surface area contributed by atoms with Gasteiger partial charge in [0.05, 0.1) is 0 Å². The van der Waals surface area contributed by atoms with Crippen molar-refractivity contribution in [2.45, 2.75) is 33.6 Å². The predicted octanol–water partition coefficient (Wildman–Crippen LogP) is 4.08. The largest absolute Gasteiger partial charge is 0.103 e. The molecular weight excluding hydrogens is 168 g/mol. The minimum atomic E-state index is 0.969. The zero-order valence-electron chi connectivity index (χ0n) is 9.43. The lowest BCUT2D eigenvalue weighted by atomic mass is 9.91. The second-order valence-electron chi connectivity index (χ2n) is 3.72. The summed E-state index contributed by atoms with van der Waals surface area (Å²) in [5, 5.41) is 0. The van der Waals surface area contributed by atoms with E-state index in [0.717, 1.165) is 12.8 Å². The molecule has 0 aliphatic heterocycles. The fourth-order valence-electron chi connectivity index (χ4n) is 1.71. The highest BCUT2D eigenvalue weighted by Crippen LogP contribution is 2.24. The van der Waals surface area contributed by atoms with Crippen LogP contribution < -0.4 is 0 Å². The predicted molar refractivity (Wildman–Crippen MR) is 63.4 cm³/mol. The maximum absolute atomic E-state index is 3.78. The van der Waals surface area contributed by atoms with E-state index >= 15 is 0 Å². The maximum atomic E-state index is 3.78. The molecule has 0 nitrogen and oxygen atoms in total. The van der Waals surface area contributed by atoms with Gasteiger partial charge in [0.15, 0.2) is 0 Å². The van der Waals surface area contributed by atoms with Crippen molar-refractivity contribution in [3.05, 3.63) is 53.5 Å². The van der Waals surface area contributed by atoms with Crippen LogP contribution in [0, 0.1) is 12.8 Å². The Labute approximate surface area is 87.7 Å². The molecule has 0 bridgehead atoms. The van der Waals surface area contributed by atoms with Crippen molar-refractivity contribution >= 4 is 0 Å². The molecule has 0 spiro atoms. The Kier molecular flexibility index (Phi) is 3.94. The summed E-state index contributed by atoms with van der Waals surface area (Å²) in [6.45, 7) is 10.4. The van der Waals surface area contributed by atoms with E-state index in [1.165, 1.54) is 22.6 Å². The molecule has 0 saturated carbocycles. The molecule has 0 saturated heterocycles. The van der Waals surface area contributed by atoms with Crippen molar-refractivity contribution in [2.24, 2.45) is 0 Å². The van der Waals surface area contributed by atoms with Crippen molar-refractivity contribution in [3.63, 3.8) is 0 Å². The lowest BCUT2D eigenvalue weighted by Crippen LogP contribution is -1.99. The number of rotatable bonds is 4. The normalized spacial score (nSPS) is 10.6. The average molecular weight is 187 g/mol. The van der Waals surface area contributed by atoms with Crippen LogP contribution in [0.1, 0.15) is 37.0 Å². The second kappa shape index (κ2) is 4.99. The Hall–Kier alpha value is -1.04. The van der Waals surface area contributed by atoms with Crippen LogP contribution in [0.5, 0.6) is 0 Å². The highest BCUT2D eigenvalue weighted by Gasteiger charge is 2.08. The molecule has 0 amide bonds. The monoisotopic (exact) mass is 187 g/mol. The Balaban J connectivity index is 3.06. The van der Waals surface area contributed by atoms with Crippen LogP contribution in [0.3, 0.4) is 0 Å². The van der Waals surface area contributed by atoms with E-state index < -0.39 is 0 Å². The van der Waals surface area contributed by atoms with Gasteiger partial charge in [-0.1, -0.05) is 38.1 Å². The maximum Gasteiger partial charge on any atom is 0.00190 e. The summed E-state index contributed by atoms with van der Waals surface area (Å²) in [5.41, 5.74) is 4.21. The van der Waals surface area contributed by atoms with Crippen molar-refractivity contribution in [2.75, 3.05) is 0 Å². The van der Waals surface area contributed by atoms with E-state index in [2.05, 4.69) is 45.5 Å². The minimum absolute atomic E-state index is 0.969. The third kappa shape index (κ3) is 2.25. The van der Waals surface area contributed by atoms with Crippen molar-refractivity contribution < 1.29 is 0 Å². The number of hydrogen-bond donors (Lipinski definition) is 0. The van der Waals surface area contributed by atoms with Crippen LogP contribution >= 0.6 is 0 Å². The lowest BCUT2D eigenvalue weighted by Gasteiger charge is -2.14. The van der Waals surface area contributed by atoms with Gasteiger partial charge in [-0.3, -0.25) is 0 Å². The average Bonchev–Trinajstić information content (AvgIpc) is 2.20. The first kappa shape index (κ1) is 11.0. The highest BCUT2D eigenvalue weighted by atomic mass is 14.1. The SMILES string of the molecule is C=CCc1cccc([C](C)CC)c1C. The van der Waals surface area contributed by atoms with Crippen LogP contribution in [0.2, 0.25) is 0 Å². The molecule has 0 N–H and O–H groups in total. The van der Waals surface area contributed by atoms with E-state index in [-0.39, 0.29) is 0 Å². The summed E-state index contributed by atoms with van der Waals surface area (Å²) >= 11 is 0. The van der Waals surface area contributed by atoms with Crippen molar-refractivity contribution in [1.29, 1.82) is 0 Å². The van der Waals surface area contributed by atoms with Crippen LogP contribution in [0.25, 0.3) is 0 Å². The van der Waals surface area contributed by atoms with Crippen LogP contribution in [-0.4, -0.2) is 0 Å². The third-order valence-corrected chi connectivity index (χ3v) is 2.80. The molecular formula is C14H19. The van der Waals surface area contributed by atoms with Gasteiger partial charge in [-0.15, -0.1) is 6.58 Å². The highest BCUT2D eigenvalue weighted by molar-refractivity contribution is 5.42. The first-order valence-corrected chi connectivity index (χ1v) is 5.22. The summed E-state index contributed by atoms with van der Waals surface area (Å²) in [6, 6.07) is 6.53. The van der Waals surface area contributed by atoms with Gasteiger partial charge < -0.3 is 0 Å². The quantitative estimate of drug-likeness (QED) is 0.623. The second-order valence-corrected chi connectivity index (χ2v) is 3.72. The number of benzene rings is 1. The van der Waals surface area contributed by atoms with Gasteiger partial charge in [0.25, 0.3) is 0 Å². The van der Waals surface area contributed by atoms with Crippen LogP contribution in [0.15, 0.2) is 30.9 Å². The van der Waals surface area contributed by atoms with E-state index in [0.29, 0.717) is 0 Å². The molecule has 14 heavy (non-hydrogen) atoms. The molecule has 0 fully saturated rings. The molecule has 0 heteroatoms. The summed E-state index contributed by atoms with van der Waals surface area (Å²) in [6.07, 6.45) is 4.06. The molecule has 1 rings (SSSR count). The topological polar surface area (TPSA) is 0 Å². The van der Waals surface area contributed by atoms with E-state index in [1.807, 2.05) is 6.08 Å². The number of hydrogen-bond acceptors (Lipinski definition) is 0. The standard InChI is InChI=1S/C14H19/c1-5-8-13-9-7-10-14(12(13)4)11(3)6-2/h5,7,9-10H,1,6,8H2,2-4H3. The molecule has 0 heterocycles. The molecule has 1 aromatic carbocycles. The Morgan fingerprint density at radius 3 is 2.71 bits per heavy atom. The van der Waals surface area contributed by atoms with Gasteiger partial charge in [0.1, 0.15) is 0 Å². The first-order valence-electron chi connectivity index (χ1n) is 5.22. The zero-order valence-corrected chi connectivity index (χ0v) is 9.43. The molecule has 75 valence electrons. The van der Waals surface area contributed by atoms with Crippen LogP contribution in [-0.2, 0) is 6.42 Å². The lowest BCUT2D eigenvalue weighted by molar-refractivity contribution is 0.944. The van der Waals surface area contributed by atoms with Gasteiger partial charge in [-0.2, -0.15) is 0 Å². The molecule has 1 radical (unpaired) electrons. The van der Waals surface area contributed by atoms with Gasteiger partial charge in [0.2, 0.25) is 0 Å². The van der Waals surface area contributed by atoms with Crippen molar-refractivity contribution in [1.82, 2.24) is 0 Å². The van der Waals surface area contributed by atoms with Crippen molar-refractivity contribution in [3.8, 4) is 0 Å². The van der Waals surface area contributed by atoms with E-state index in [4.69, 9.17) is 0 Å².